The van der Waals surface area contributed by atoms with Gasteiger partial charge in [-0.25, -0.2) is 4.98 Å². The Kier molecular flexibility index (Phi) is 5.35. The van der Waals surface area contributed by atoms with E-state index >= 15 is 0 Å². The molecule has 1 aliphatic rings. The van der Waals surface area contributed by atoms with E-state index in [9.17, 15) is 4.79 Å². The molecule has 0 radical (unpaired) electrons. The standard InChI is InChI=1S/C18H19BrN2O3/c1-2-23-15-6-3-13(4-7-15)18(22)21-10-9-16(12-21)24-17-8-5-14(19)11-20-17/h3-8,11,16H,2,9-10,12H2,1H3. The number of hydrogen-bond acceptors (Lipinski definition) is 4. The summed E-state index contributed by atoms with van der Waals surface area (Å²) in [6, 6.07) is 11.0. The fraction of sp³-hybridized carbons (Fsp3) is 0.333. The van der Waals surface area contributed by atoms with Gasteiger partial charge >= 0.3 is 0 Å². The fourth-order valence-electron chi connectivity index (χ4n) is 2.65. The largest absolute Gasteiger partial charge is 0.494 e. The van der Waals surface area contributed by atoms with Gasteiger partial charge in [0, 0.05) is 35.3 Å². The maximum Gasteiger partial charge on any atom is 0.253 e. The summed E-state index contributed by atoms with van der Waals surface area (Å²) in [5.41, 5.74) is 0.667. The van der Waals surface area contributed by atoms with Gasteiger partial charge in [0.15, 0.2) is 0 Å². The summed E-state index contributed by atoms with van der Waals surface area (Å²) in [6.07, 6.45) is 2.48. The van der Waals surface area contributed by atoms with Crippen molar-refractivity contribution in [2.24, 2.45) is 0 Å². The normalized spacial score (nSPS) is 16.9. The highest BCUT2D eigenvalue weighted by Crippen LogP contribution is 2.21. The van der Waals surface area contributed by atoms with Crippen LogP contribution in [0.3, 0.4) is 0 Å². The zero-order chi connectivity index (χ0) is 16.9. The highest BCUT2D eigenvalue weighted by atomic mass is 79.9. The molecule has 3 rings (SSSR count). The second-order valence-electron chi connectivity index (χ2n) is 5.55. The average molecular weight is 391 g/mol. The van der Waals surface area contributed by atoms with Gasteiger partial charge in [-0.05, 0) is 53.2 Å². The summed E-state index contributed by atoms with van der Waals surface area (Å²) in [5, 5.41) is 0. The topological polar surface area (TPSA) is 51.7 Å². The summed E-state index contributed by atoms with van der Waals surface area (Å²) in [7, 11) is 0. The van der Waals surface area contributed by atoms with Crippen molar-refractivity contribution in [1.29, 1.82) is 0 Å². The van der Waals surface area contributed by atoms with Crippen molar-refractivity contribution in [2.75, 3.05) is 19.7 Å². The van der Waals surface area contributed by atoms with E-state index in [1.807, 2.05) is 36.1 Å². The van der Waals surface area contributed by atoms with Gasteiger partial charge in [0.05, 0.1) is 13.2 Å². The van der Waals surface area contributed by atoms with Crippen molar-refractivity contribution in [3.63, 3.8) is 0 Å². The van der Waals surface area contributed by atoms with Gasteiger partial charge in [0.25, 0.3) is 5.91 Å². The predicted molar refractivity (Wildman–Crippen MR) is 94.5 cm³/mol. The van der Waals surface area contributed by atoms with E-state index in [0.29, 0.717) is 31.1 Å². The van der Waals surface area contributed by atoms with Crippen molar-refractivity contribution >= 4 is 21.8 Å². The number of carbonyl (C=O) groups excluding carboxylic acids is 1. The van der Waals surface area contributed by atoms with Gasteiger partial charge < -0.3 is 14.4 Å². The number of halogens is 1. The van der Waals surface area contributed by atoms with E-state index < -0.39 is 0 Å². The van der Waals surface area contributed by atoms with E-state index in [-0.39, 0.29) is 12.0 Å². The van der Waals surface area contributed by atoms with Crippen molar-refractivity contribution in [3.8, 4) is 11.6 Å². The van der Waals surface area contributed by atoms with E-state index in [1.165, 1.54) is 0 Å². The molecule has 2 heterocycles. The Bertz CT molecular complexity index is 688. The fourth-order valence-corrected chi connectivity index (χ4v) is 2.89. The molecular formula is C18H19BrN2O3. The maximum absolute atomic E-state index is 12.6. The molecule has 24 heavy (non-hydrogen) atoms. The summed E-state index contributed by atoms with van der Waals surface area (Å²) < 4.78 is 12.2. The van der Waals surface area contributed by atoms with E-state index in [4.69, 9.17) is 9.47 Å². The van der Waals surface area contributed by atoms with Crippen LogP contribution in [0.2, 0.25) is 0 Å². The van der Waals surface area contributed by atoms with Crippen LogP contribution in [0.4, 0.5) is 0 Å². The average Bonchev–Trinajstić information content (AvgIpc) is 3.06. The molecule has 6 heteroatoms. The number of likely N-dealkylation sites (tertiary alicyclic amines) is 1. The number of hydrogen-bond donors (Lipinski definition) is 0. The third kappa shape index (κ3) is 4.06. The quantitative estimate of drug-likeness (QED) is 0.783. The van der Waals surface area contributed by atoms with E-state index in [2.05, 4.69) is 20.9 Å². The van der Waals surface area contributed by atoms with Crippen LogP contribution in [0, 0.1) is 0 Å². The molecule has 1 atom stereocenters. The van der Waals surface area contributed by atoms with Crippen molar-refractivity contribution in [1.82, 2.24) is 9.88 Å². The van der Waals surface area contributed by atoms with Crippen LogP contribution in [-0.2, 0) is 0 Å². The number of nitrogens with zero attached hydrogens (tertiary/aromatic N) is 2. The van der Waals surface area contributed by atoms with Crippen LogP contribution in [0.5, 0.6) is 11.6 Å². The smallest absolute Gasteiger partial charge is 0.253 e. The number of ether oxygens (including phenoxy) is 2. The molecule has 126 valence electrons. The number of benzene rings is 1. The molecule has 5 nitrogen and oxygen atoms in total. The zero-order valence-electron chi connectivity index (χ0n) is 13.4. The molecule has 1 aromatic carbocycles. The zero-order valence-corrected chi connectivity index (χ0v) is 15.0. The number of carbonyl (C=O) groups is 1. The summed E-state index contributed by atoms with van der Waals surface area (Å²) in [6.45, 7) is 3.81. The molecule has 0 N–H and O–H groups in total. The first kappa shape index (κ1) is 16.8. The Morgan fingerprint density at radius 2 is 2.08 bits per heavy atom. The van der Waals surface area contributed by atoms with Crippen LogP contribution in [0.25, 0.3) is 0 Å². The lowest BCUT2D eigenvalue weighted by Gasteiger charge is -2.17. The van der Waals surface area contributed by atoms with Crippen LogP contribution in [0.15, 0.2) is 47.1 Å². The maximum atomic E-state index is 12.6. The SMILES string of the molecule is CCOc1ccc(C(=O)N2CCC(Oc3ccc(Br)cn3)C2)cc1. The monoisotopic (exact) mass is 390 g/mol. The Hall–Kier alpha value is -2.08. The van der Waals surface area contributed by atoms with E-state index in [1.54, 1.807) is 18.3 Å². The summed E-state index contributed by atoms with van der Waals surface area (Å²) in [4.78, 5) is 18.6. The lowest BCUT2D eigenvalue weighted by atomic mass is 10.2. The molecule has 1 saturated heterocycles. The second-order valence-corrected chi connectivity index (χ2v) is 6.47. The molecule has 1 fully saturated rings. The molecule has 0 saturated carbocycles. The lowest BCUT2D eigenvalue weighted by Crippen LogP contribution is -2.31. The molecule has 0 spiro atoms. The lowest BCUT2D eigenvalue weighted by molar-refractivity contribution is 0.0771. The molecule has 1 amide bonds. The molecule has 1 aliphatic heterocycles. The predicted octanol–water partition coefficient (Wildman–Crippen LogP) is 3.54. The van der Waals surface area contributed by atoms with Gasteiger partial charge in [-0.3, -0.25) is 4.79 Å². The van der Waals surface area contributed by atoms with Gasteiger partial charge in [-0.15, -0.1) is 0 Å². The first-order valence-corrected chi connectivity index (χ1v) is 8.75. The van der Waals surface area contributed by atoms with Crippen molar-refractivity contribution in [2.45, 2.75) is 19.4 Å². The van der Waals surface area contributed by atoms with Gasteiger partial charge in [0.1, 0.15) is 11.9 Å². The number of rotatable bonds is 5. The molecular weight excluding hydrogens is 372 g/mol. The highest BCUT2D eigenvalue weighted by Gasteiger charge is 2.28. The molecule has 1 aromatic heterocycles. The third-order valence-electron chi connectivity index (χ3n) is 3.83. The minimum absolute atomic E-state index is 0.0212. The number of amides is 1. The van der Waals surface area contributed by atoms with E-state index in [0.717, 1.165) is 16.6 Å². The Labute approximate surface area is 149 Å². The first-order chi connectivity index (χ1) is 11.7. The van der Waals surface area contributed by atoms with Gasteiger partial charge in [-0.2, -0.15) is 0 Å². The Morgan fingerprint density at radius 1 is 1.29 bits per heavy atom. The van der Waals surface area contributed by atoms with Gasteiger partial charge in [0.2, 0.25) is 5.88 Å². The summed E-state index contributed by atoms with van der Waals surface area (Å²) >= 11 is 3.35. The van der Waals surface area contributed by atoms with Crippen LogP contribution >= 0.6 is 15.9 Å². The molecule has 0 bridgehead atoms. The molecule has 0 aliphatic carbocycles. The second kappa shape index (κ2) is 7.66. The van der Waals surface area contributed by atoms with Crippen LogP contribution in [-0.4, -0.2) is 41.6 Å². The van der Waals surface area contributed by atoms with Crippen LogP contribution < -0.4 is 9.47 Å². The Balaban J connectivity index is 1.58. The van der Waals surface area contributed by atoms with Crippen molar-refractivity contribution < 1.29 is 14.3 Å². The van der Waals surface area contributed by atoms with Crippen LogP contribution in [0.1, 0.15) is 23.7 Å². The highest BCUT2D eigenvalue weighted by molar-refractivity contribution is 9.10. The minimum atomic E-state index is -0.0228. The summed E-state index contributed by atoms with van der Waals surface area (Å²) in [5.74, 6) is 1.38. The minimum Gasteiger partial charge on any atom is -0.494 e. The van der Waals surface area contributed by atoms with Crippen molar-refractivity contribution in [3.05, 3.63) is 52.6 Å². The molecule has 1 unspecified atom stereocenters. The third-order valence-corrected chi connectivity index (χ3v) is 4.30. The molecule has 2 aromatic rings. The van der Waals surface area contributed by atoms with Gasteiger partial charge in [-0.1, -0.05) is 0 Å². The number of aromatic nitrogens is 1. The number of pyridine rings is 1. The first-order valence-electron chi connectivity index (χ1n) is 7.96. The Morgan fingerprint density at radius 3 is 2.75 bits per heavy atom.